The minimum absolute atomic E-state index is 0.564. The van der Waals surface area contributed by atoms with Crippen LogP contribution in [0.15, 0.2) is 0 Å². The Hall–Kier alpha value is -0.790. The second kappa shape index (κ2) is 5.05. The first-order valence-corrected chi connectivity index (χ1v) is 4.83. The first kappa shape index (κ1) is 10.3. The van der Waals surface area contributed by atoms with Crippen molar-refractivity contribution in [1.29, 1.82) is 5.26 Å². The van der Waals surface area contributed by atoms with Crippen LogP contribution in [0, 0.1) is 17.4 Å². The van der Waals surface area contributed by atoms with E-state index in [0.29, 0.717) is 5.92 Å². The van der Waals surface area contributed by atoms with Crippen LogP contribution in [-0.2, 0) is 0 Å². The fourth-order valence-electron chi connectivity index (χ4n) is 1.55. The SMILES string of the molecule is CC(CN)CN1CCN(C#N)CC1. The second-order valence-electron chi connectivity index (χ2n) is 3.73. The van der Waals surface area contributed by atoms with Gasteiger partial charge in [0.25, 0.3) is 0 Å². The summed E-state index contributed by atoms with van der Waals surface area (Å²) >= 11 is 0. The van der Waals surface area contributed by atoms with Gasteiger partial charge in [0.05, 0.1) is 0 Å². The molecule has 1 rings (SSSR count). The predicted molar refractivity (Wildman–Crippen MR) is 51.8 cm³/mol. The molecule has 4 heteroatoms. The monoisotopic (exact) mass is 182 g/mol. The van der Waals surface area contributed by atoms with Crippen molar-refractivity contribution < 1.29 is 0 Å². The minimum atomic E-state index is 0.564. The predicted octanol–water partition coefficient (Wildman–Crippen LogP) is -0.320. The average Bonchev–Trinajstić information content (AvgIpc) is 2.19. The van der Waals surface area contributed by atoms with Crippen LogP contribution in [0.25, 0.3) is 0 Å². The molecule has 0 aromatic heterocycles. The van der Waals surface area contributed by atoms with E-state index in [-0.39, 0.29) is 0 Å². The smallest absolute Gasteiger partial charge is 0.179 e. The summed E-state index contributed by atoms with van der Waals surface area (Å²) in [5.41, 5.74) is 5.55. The summed E-state index contributed by atoms with van der Waals surface area (Å²) in [5.74, 6) is 0.564. The van der Waals surface area contributed by atoms with Crippen molar-refractivity contribution in [3.8, 4) is 6.19 Å². The summed E-state index contributed by atoms with van der Waals surface area (Å²) in [6.45, 7) is 7.71. The molecule has 1 atom stereocenters. The fraction of sp³-hybridized carbons (Fsp3) is 0.889. The lowest BCUT2D eigenvalue weighted by molar-refractivity contribution is 0.157. The van der Waals surface area contributed by atoms with E-state index >= 15 is 0 Å². The van der Waals surface area contributed by atoms with E-state index in [2.05, 4.69) is 18.0 Å². The molecular formula is C9H18N4. The van der Waals surface area contributed by atoms with Crippen LogP contribution in [0.3, 0.4) is 0 Å². The zero-order valence-electron chi connectivity index (χ0n) is 8.24. The minimum Gasteiger partial charge on any atom is -0.330 e. The number of rotatable bonds is 3. The van der Waals surface area contributed by atoms with Gasteiger partial charge in [-0.05, 0) is 12.5 Å². The summed E-state index contributed by atoms with van der Waals surface area (Å²) in [6.07, 6.45) is 2.17. The maximum absolute atomic E-state index is 8.64. The third kappa shape index (κ3) is 3.21. The second-order valence-corrected chi connectivity index (χ2v) is 3.73. The number of nitriles is 1. The standard InChI is InChI=1S/C9H18N4/c1-9(6-10)7-12-2-4-13(8-11)5-3-12/h9H,2-7,10H2,1H3. The highest BCUT2D eigenvalue weighted by Gasteiger charge is 2.16. The highest BCUT2D eigenvalue weighted by Crippen LogP contribution is 2.03. The molecule has 0 spiro atoms. The van der Waals surface area contributed by atoms with Crippen molar-refractivity contribution in [3.63, 3.8) is 0 Å². The summed E-state index contributed by atoms with van der Waals surface area (Å²) in [4.78, 5) is 4.19. The van der Waals surface area contributed by atoms with Gasteiger partial charge in [0, 0.05) is 32.7 Å². The lowest BCUT2D eigenvalue weighted by Crippen LogP contribution is -2.46. The van der Waals surface area contributed by atoms with E-state index in [0.717, 1.165) is 39.3 Å². The number of hydrogen-bond acceptors (Lipinski definition) is 4. The van der Waals surface area contributed by atoms with E-state index in [1.165, 1.54) is 0 Å². The molecule has 1 saturated heterocycles. The topological polar surface area (TPSA) is 56.3 Å². The Morgan fingerprint density at radius 1 is 1.38 bits per heavy atom. The molecule has 0 bridgehead atoms. The summed E-state index contributed by atoms with van der Waals surface area (Å²) in [6, 6.07) is 0. The van der Waals surface area contributed by atoms with Gasteiger partial charge in [-0.1, -0.05) is 6.92 Å². The average molecular weight is 182 g/mol. The molecule has 2 N–H and O–H groups in total. The quantitative estimate of drug-likeness (QED) is 0.608. The van der Waals surface area contributed by atoms with Crippen molar-refractivity contribution in [1.82, 2.24) is 9.80 Å². The highest BCUT2D eigenvalue weighted by molar-refractivity contribution is 4.81. The van der Waals surface area contributed by atoms with E-state index < -0.39 is 0 Å². The third-order valence-corrected chi connectivity index (χ3v) is 2.49. The van der Waals surface area contributed by atoms with Crippen molar-refractivity contribution in [2.24, 2.45) is 11.7 Å². The van der Waals surface area contributed by atoms with Gasteiger partial charge in [-0.15, -0.1) is 0 Å². The lowest BCUT2D eigenvalue weighted by atomic mass is 10.1. The molecule has 0 aromatic carbocycles. The van der Waals surface area contributed by atoms with Crippen LogP contribution >= 0.6 is 0 Å². The zero-order valence-corrected chi connectivity index (χ0v) is 8.24. The number of hydrogen-bond donors (Lipinski definition) is 1. The molecule has 13 heavy (non-hydrogen) atoms. The highest BCUT2D eigenvalue weighted by atomic mass is 15.3. The molecule has 1 unspecified atom stereocenters. The normalized spacial score (nSPS) is 21.2. The van der Waals surface area contributed by atoms with Gasteiger partial charge in [0.1, 0.15) is 0 Å². The van der Waals surface area contributed by atoms with Crippen molar-refractivity contribution >= 4 is 0 Å². The molecule has 0 amide bonds. The van der Waals surface area contributed by atoms with Gasteiger partial charge in [0.2, 0.25) is 0 Å². The largest absolute Gasteiger partial charge is 0.330 e. The van der Waals surface area contributed by atoms with E-state index in [4.69, 9.17) is 11.0 Å². The zero-order chi connectivity index (χ0) is 9.68. The molecule has 0 saturated carbocycles. The van der Waals surface area contributed by atoms with E-state index in [1.807, 2.05) is 4.90 Å². The molecule has 4 nitrogen and oxygen atoms in total. The van der Waals surface area contributed by atoms with Crippen LogP contribution in [0.2, 0.25) is 0 Å². The maximum atomic E-state index is 8.64. The Kier molecular flexibility index (Phi) is 4.00. The number of piperazine rings is 1. The fourth-order valence-corrected chi connectivity index (χ4v) is 1.55. The van der Waals surface area contributed by atoms with Gasteiger partial charge < -0.3 is 10.6 Å². The molecule has 1 aliphatic heterocycles. The van der Waals surface area contributed by atoms with Crippen LogP contribution in [0.4, 0.5) is 0 Å². The Bertz CT molecular complexity index is 179. The van der Waals surface area contributed by atoms with Crippen molar-refractivity contribution in [2.75, 3.05) is 39.3 Å². The van der Waals surface area contributed by atoms with Gasteiger partial charge in [-0.2, -0.15) is 5.26 Å². The van der Waals surface area contributed by atoms with E-state index in [1.54, 1.807) is 0 Å². The number of nitrogens with two attached hydrogens (primary N) is 1. The Labute approximate surface area is 79.9 Å². The van der Waals surface area contributed by atoms with Crippen molar-refractivity contribution in [2.45, 2.75) is 6.92 Å². The van der Waals surface area contributed by atoms with Gasteiger partial charge in [0.15, 0.2) is 6.19 Å². The van der Waals surface area contributed by atoms with Crippen LogP contribution in [-0.4, -0.2) is 49.1 Å². The summed E-state index contributed by atoms with van der Waals surface area (Å²) < 4.78 is 0. The molecule has 1 fully saturated rings. The molecule has 0 radical (unpaired) electrons. The van der Waals surface area contributed by atoms with Crippen molar-refractivity contribution in [3.05, 3.63) is 0 Å². The summed E-state index contributed by atoms with van der Waals surface area (Å²) in [7, 11) is 0. The van der Waals surface area contributed by atoms with Gasteiger partial charge >= 0.3 is 0 Å². The molecule has 1 aliphatic rings. The van der Waals surface area contributed by atoms with Crippen LogP contribution in [0.5, 0.6) is 0 Å². The van der Waals surface area contributed by atoms with Gasteiger partial charge in [-0.25, -0.2) is 0 Å². The van der Waals surface area contributed by atoms with Gasteiger partial charge in [-0.3, -0.25) is 4.90 Å². The number of nitrogens with zero attached hydrogens (tertiary/aromatic N) is 3. The maximum Gasteiger partial charge on any atom is 0.179 e. The first-order valence-electron chi connectivity index (χ1n) is 4.83. The van der Waals surface area contributed by atoms with E-state index in [9.17, 15) is 0 Å². The summed E-state index contributed by atoms with van der Waals surface area (Å²) in [5, 5.41) is 8.64. The Balaban J connectivity index is 2.22. The molecule has 1 heterocycles. The first-order chi connectivity index (χ1) is 6.26. The molecule has 0 aliphatic carbocycles. The Morgan fingerprint density at radius 3 is 2.46 bits per heavy atom. The van der Waals surface area contributed by atoms with Crippen LogP contribution in [0.1, 0.15) is 6.92 Å². The third-order valence-electron chi connectivity index (χ3n) is 2.49. The van der Waals surface area contributed by atoms with Crippen LogP contribution < -0.4 is 5.73 Å². The molecular weight excluding hydrogens is 164 g/mol. The Morgan fingerprint density at radius 2 is 2.00 bits per heavy atom. The lowest BCUT2D eigenvalue weighted by Gasteiger charge is -2.32. The molecule has 0 aromatic rings. The molecule has 74 valence electrons.